The Kier molecular flexibility index (Phi) is 2.80. The number of pyridine rings is 1. The summed E-state index contributed by atoms with van der Waals surface area (Å²) >= 11 is 0. The van der Waals surface area contributed by atoms with Gasteiger partial charge in [0, 0.05) is 18.4 Å². The summed E-state index contributed by atoms with van der Waals surface area (Å²) in [5.74, 6) is 1.81. The summed E-state index contributed by atoms with van der Waals surface area (Å²) in [6.07, 6.45) is 7.72. The zero-order valence-corrected chi connectivity index (χ0v) is 11.5. The van der Waals surface area contributed by atoms with Crippen molar-refractivity contribution in [3.8, 4) is 0 Å². The van der Waals surface area contributed by atoms with Crippen LogP contribution in [0.4, 0.5) is 5.82 Å². The van der Waals surface area contributed by atoms with Gasteiger partial charge in [-0.3, -0.25) is 0 Å². The zero-order valence-electron chi connectivity index (χ0n) is 11.5. The van der Waals surface area contributed by atoms with Crippen LogP contribution in [-0.4, -0.2) is 11.5 Å². The molecule has 2 nitrogen and oxygen atoms in total. The van der Waals surface area contributed by atoms with Gasteiger partial charge in [-0.1, -0.05) is 42.5 Å². The number of aromatic nitrogens is 1. The normalized spacial score (nSPS) is 20.9. The van der Waals surface area contributed by atoms with Crippen LogP contribution in [0.15, 0.2) is 60.4 Å². The number of fused-ring (bicyclic) bond motifs is 1. The van der Waals surface area contributed by atoms with E-state index in [1.807, 2.05) is 12.3 Å². The second-order valence-electron chi connectivity index (χ2n) is 5.63. The predicted molar refractivity (Wildman–Crippen MR) is 81.8 cm³/mol. The van der Waals surface area contributed by atoms with Crippen molar-refractivity contribution in [2.75, 3.05) is 11.4 Å². The van der Waals surface area contributed by atoms with Crippen LogP contribution in [0.1, 0.15) is 29.9 Å². The number of nitrogens with zero attached hydrogens (tertiary/aromatic N) is 2. The number of hydrogen-bond donors (Lipinski definition) is 0. The van der Waals surface area contributed by atoms with Gasteiger partial charge in [0.15, 0.2) is 0 Å². The van der Waals surface area contributed by atoms with E-state index in [0.29, 0.717) is 5.92 Å². The highest BCUT2D eigenvalue weighted by Gasteiger charge is 2.28. The van der Waals surface area contributed by atoms with E-state index in [-0.39, 0.29) is 0 Å². The molecule has 0 bridgehead atoms. The summed E-state index contributed by atoms with van der Waals surface area (Å²) in [6.45, 7) is 1.08. The highest BCUT2D eigenvalue weighted by molar-refractivity contribution is 5.57. The van der Waals surface area contributed by atoms with Gasteiger partial charge in [0.05, 0.1) is 0 Å². The van der Waals surface area contributed by atoms with Gasteiger partial charge >= 0.3 is 0 Å². The molecule has 20 heavy (non-hydrogen) atoms. The molecule has 2 heterocycles. The third-order valence-corrected chi connectivity index (χ3v) is 4.44. The van der Waals surface area contributed by atoms with Gasteiger partial charge in [0.2, 0.25) is 0 Å². The molecule has 1 aliphatic carbocycles. The van der Waals surface area contributed by atoms with Crippen LogP contribution in [0, 0.1) is 0 Å². The summed E-state index contributed by atoms with van der Waals surface area (Å²) in [7, 11) is 0. The second-order valence-corrected chi connectivity index (χ2v) is 5.63. The van der Waals surface area contributed by atoms with Crippen LogP contribution in [0.2, 0.25) is 0 Å². The maximum absolute atomic E-state index is 4.57. The second kappa shape index (κ2) is 4.78. The molecule has 1 atom stereocenters. The number of anilines is 1. The first-order chi connectivity index (χ1) is 9.92. The zero-order chi connectivity index (χ0) is 13.4. The molecule has 0 fully saturated rings. The summed E-state index contributed by atoms with van der Waals surface area (Å²) in [6, 6.07) is 15.1. The lowest BCUT2D eigenvalue weighted by Gasteiger charge is -2.21. The molecule has 1 aromatic heterocycles. The van der Waals surface area contributed by atoms with Crippen molar-refractivity contribution in [3.63, 3.8) is 0 Å². The fourth-order valence-electron chi connectivity index (χ4n) is 3.38. The number of hydrogen-bond acceptors (Lipinski definition) is 2. The van der Waals surface area contributed by atoms with Gasteiger partial charge in [0.1, 0.15) is 5.82 Å². The molecular formula is C18H18N2. The van der Waals surface area contributed by atoms with Crippen molar-refractivity contribution < 1.29 is 0 Å². The first-order valence-electron chi connectivity index (χ1n) is 7.37. The van der Waals surface area contributed by atoms with Crippen molar-refractivity contribution in [1.29, 1.82) is 0 Å². The lowest BCUT2D eigenvalue weighted by atomic mass is 9.97. The van der Waals surface area contributed by atoms with E-state index in [1.54, 1.807) is 0 Å². The molecular weight excluding hydrogens is 244 g/mol. The number of allylic oxidation sites excluding steroid dienone is 2. The molecule has 0 saturated heterocycles. The molecule has 0 N–H and O–H groups in total. The highest BCUT2D eigenvalue weighted by Crippen LogP contribution is 2.39. The summed E-state index contributed by atoms with van der Waals surface area (Å²) < 4.78 is 0. The standard InChI is InChI=1S/C18H18N2/c1-2-5-14(6-3-1)16-8-9-17(13-16)20-12-10-15-7-4-11-19-18(15)20/h1-7,9,11,16H,8,10,12-13H2. The van der Waals surface area contributed by atoms with E-state index >= 15 is 0 Å². The molecule has 2 aromatic rings. The van der Waals surface area contributed by atoms with E-state index in [1.165, 1.54) is 22.6 Å². The first-order valence-corrected chi connectivity index (χ1v) is 7.37. The molecule has 0 amide bonds. The van der Waals surface area contributed by atoms with Gasteiger partial charge < -0.3 is 4.90 Å². The summed E-state index contributed by atoms with van der Waals surface area (Å²) in [5.41, 5.74) is 4.30. The molecule has 2 aliphatic rings. The van der Waals surface area contributed by atoms with E-state index in [0.717, 1.165) is 25.8 Å². The van der Waals surface area contributed by atoms with E-state index in [2.05, 4.69) is 52.4 Å². The van der Waals surface area contributed by atoms with Crippen LogP contribution >= 0.6 is 0 Å². The van der Waals surface area contributed by atoms with Crippen molar-refractivity contribution in [2.24, 2.45) is 0 Å². The Balaban J connectivity index is 1.55. The van der Waals surface area contributed by atoms with Gasteiger partial charge in [-0.2, -0.15) is 0 Å². The third kappa shape index (κ3) is 1.92. The summed E-state index contributed by atoms with van der Waals surface area (Å²) in [5, 5.41) is 0. The topological polar surface area (TPSA) is 16.1 Å². The van der Waals surface area contributed by atoms with Gasteiger partial charge in [-0.15, -0.1) is 0 Å². The van der Waals surface area contributed by atoms with E-state index < -0.39 is 0 Å². The van der Waals surface area contributed by atoms with E-state index in [9.17, 15) is 0 Å². The Morgan fingerprint density at radius 3 is 2.85 bits per heavy atom. The molecule has 1 aromatic carbocycles. The Morgan fingerprint density at radius 2 is 1.95 bits per heavy atom. The van der Waals surface area contributed by atoms with Gasteiger partial charge in [0.25, 0.3) is 0 Å². The fourth-order valence-corrected chi connectivity index (χ4v) is 3.38. The van der Waals surface area contributed by atoms with E-state index in [4.69, 9.17) is 0 Å². The molecule has 0 saturated carbocycles. The molecule has 4 rings (SSSR count). The average molecular weight is 262 g/mol. The molecule has 1 aliphatic heterocycles. The lowest BCUT2D eigenvalue weighted by Crippen LogP contribution is -2.19. The van der Waals surface area contributed by atoms with Crippen LogP contribution in [0.3, 0.4) is 0 Å². The van der Waals surface area contributed by atoms with Crippen LogP contribution in [-0.2, 0) is 6.42 Å². The van der Waals surface area contributed by atoms with Gasteiger partial charge in [-0.05, 0) is 42.4 Å². The Bertz CT molecular complexity index is 645. The van der Waals surface area contributed by atoms with Crippen LogP contribution < -0.4 is 4.90 Å². The largest absolute Gasteiger partial charge is 0.330 e. The summed E-state index contributed by atoms with van der Waals surface area (Å²) in [4.78, 5) is 6.98. The monoisotopic (exact) mass is 262 g/mol. The molecule has 0 spiro atoms. The molecule has 100 valence electrons. The quantitative estimate of drug-likeness (QED) is 0.816. The Labute approximate surface area is 119 Å². The van der Waals surface area contributed by atoms with Crippen LogP contribution in [0.5, 0.6) is 0 Å². The third-order valence-electron chi connectivity index (χ3n) is 4.44. The van der Waals surface area contributed by atoms with Gasteiger partial charge in [-0.25, -0.2) is 4.98 Å². The van der Waals surface area contributed by atoms with Crippen molar-refractivity contribution in [1.82, 2.24) is 4.98 Å². The lowest BCUT2D eigenvalue weighted by molar-refractivity contribution is 0.724. The van der Waals surface area contributed by atoms with Crippen molar-refractivity contribution in [2.45, 2.75) is 25.2 Å². The Morgan fingerprint density at radius 1 is 1.05 bits per heavy atom. The molecule has 0 radical (unpaired) electrons. The molecule has 1 unspecified atom stereocenters. The smallest absolute Gasteiger partial charge is 0.135 e. The molecule has 2 heteroatoms. The number of rotatable bonds is 2. The van der Waals surface area contributed by atoms with Crippen molar-refractivity contribution >= 4 is 5.82 Å². The minimum atomic E-state index is 0.638. The minimum Gasteiger partial charge on any atom is -0.330 e. The van der Waals surface area contributed by atoms with Crippen LogP contribution in [0.25, 0.3) is 0 Å². The predicted octanol–water partition coefficient (Wildman–Crippen LogP) is 3.91. The first kappa shape index (κ1) is 11.7. The van der Waals surface area contributed by atoms with Crippen molar-refractivity contribution in [3.05, 3.63) is 71.6 Å². The fraction of sp³-hybridized carbons (Fsp3) is 0.278. The SMILES string of the molecule is C1=C(N2CCc3cccnc32)CC(c2ccccc2)C1. The maximum Gasteiger partial charge on any atom is 0.135 e. The Hall–Kier alpha value is -2.09. The minimum absolute atomic E-state index is 0.638. The highest BCUT2D eigenvalue weighted by atomic mass is 15.2. The number of benzene rings is 1. The maximum atomic E-state index is 4.57. The average Bonchev–Trinajstić information content (AvgIpc) is 3.14.